The molecule has 0 heterocycles. The van der Waals surface area contributed by atoms with Gasteiger partial charge in [-0.1, -0.05) is 30.7 Å². The van der Waals surface area contributed by atoms with Crippen LogP contribution in [0.4, 0.5) is 0 Å². The summed E-state index contributed by atoms with van der Waals surface area (Å²) in [5.41, 5.74) is 2.75. The fourth-order valence-corrected chi connectivity index (χ4v) is 1.65. The van der Waals surface area contributed by atoms with Gasteiger partial charge in [-0.3, -0.25) is 4.79 Å². The van der Waals surface area contributed by atoms with Crippen LogP contribution < -0.4 is 5.32 Å². The summed E-state index contributed by atoms with van der Waals surface area (Å²) in [5.74, 6) is -0.00296. The lowest BCUT2D eigenvalue weighted by molar-refractivity contribution is -0.118. The van der Waals surface area contributed by atoms with Crippen molar-refractivity contribution < 1.29 is 4.79 Å². The molecule has 0 spiro atoms. The van der Waals surface area contributed by atoms with Gasteiger partial charge in [0.2, 0.25) is 5.91 Å². The van der Waals surface area contributed by atoms with Crippen molar-refractivity contribution in [3.8, 4) is 0 Å². The summed E-state index contributed by atoms with van der Waals surface area (Å²) in [6.07, 6.45) is 0.930. The van der Waals surface area contributed by atoms with Gasteiger partial charge in [-0.2, -0.15) is 0 Å². The van der Waals surface area contributed by atoms with Gasteiger partial charge >= 0.3 is 0 Å². The molecule has 1 N–H and O–H groups in total. The van der Waals surface area contributed by atoms with Crippen molar-refractivity contribution in [3.63, 3.8) is 0 Å². The molecule has 0 aliphatic carbocycles. The molecule has 0 saturated heterocycles. The zero-order valence-electron chi connectivity index (χ0n) is 11.4. The van der Waals surface area contributed by atoms with Crippen LogP contribution in [0.1, 0.15) is 39.7 Å². The van der Waals surface area contributed by atoms with Gasteiger partial charge in [0.05, 0.1) is 0 Å². The third-order valence-corrected chi connectivity index (χ3v) is 3.42. The first-order valence-corrected chi connectivity index (χ1v) is 6.57. The Morgan fingerprint density at radius 3 is 2.33 bits per heavy atom. The number of carbonyl (C=O) groups is 1. The molecule has 18 heavy (non-hydrogen) atoms. The Morgan fingerprint density at radius 1 is 1.28 bits per heavy atom. The average molecular weight is 266 g/mol. The lowest BCUT2D eigenvalue weighted by Gasteiger charge is -2.13. The number of rotatable bonds is 4. The van der Waals surface area contributed by atoms with Crippen molar-refractivity contribution in [1.29, 1.82) is 0 Å². The highest BCUT2D eigenvalue weighted by molar-refractivity contribution is 6.30. The van der Waals surface area contributed by atoms with Crippen molar-refractivity contribution in [2.45, 2.75) is 40.2 Å². The molecule has 1 aromatic carbocycles. The van der Waals surface area contributed by atoms with Crippen LogP contribution in [0.2, 0.25) is 5.02 Å². The monoisotopic (exact) mass is 265 g/mol. The molecule has 1 amide bonds. The predicted octanol–water partition coefficient (Wildman–Crippen LogP) is 4.05. The Bertz CT molecular complexity index is 448. The second-order valence-corrected chi connectivity index (χ2v) is 4.98. The van der Waals surface area contributed by atoms with E-state index in [0.717, 1.165) is 23.1 Å². The van der Waals surface area contributed by atoms with Crippen LogP contribution in [0.15, 0.2) is 29.8 Å². The van der Waals surface area contributed by atoms with E-state index in [-0.39, 0.29) is 11.9 Å². The molecule has 3 heteroatoms. The van der Waals surface area contributed by atoms with Crippen LogP contribution in [0.3, 0.4) is 0 Å². The zero-order chi connectivity index (χ0) is 13.7. The first-order valence-electron chi connectivity index (χ1n) is 6.20. The van der Waals surface area contributed by atoms with Crippen LogP contribution in [0.25, 0.3) is 5.57 Å². The van der Waals surface area contributed by atoms with Crippen LogP contribution in [-0.4, -0.2) is 11.9 Å². The second-order valence-electron chi connectivity index (χ2n) is 4.54. The summed E-state index contributed by atoms with van der Waals surface area (Å²) in [6.45, 7) is 7.86. The number of allylic oxidation sites excluding steroid dienone is 1. The minimum absolute atomic E-state index is 0.00296. The van der Waals surface area contributed by atoms with E-state index in [4.69, 9.17) is 11.6 Å². The molecule has 0 bridgehead atoms. The standard InChI is InChI=1S/C15H20ClNO/c1-5-10(2)17-15(18)12(4)11(3)13-6-8-14(16)9-7-13/h6-10H,5H2,1-4H3,(H,17,18)/b12-11+. The molecule has 98 valence electrons. The SMILES string of the molecule is CCC(C)NC(=O)/C(C)=C(\C)c1ccc(Cl)cc1. The summed E-state index contributed by atoms with van der Waals surface area (Å²) >= 11 is 5.85. The van der Waals surface area contributed by atoms with Crippen molar-refractivity contribution in [3.05, 3.63) is 40.4 Å². The first-order chi connectivity index (χ1) is 8.45. The van der Waals surface area contributed by atoms with Gasteiger partial charge in [-0.25, -0.2) is 0 Å². The van der Waals surface area contributed by atoms with E-state index in [2.05, 4.69) is 12.2 Å². The number of benzene rings is 1. The van der Waals surface area contributed by atoms with E-state index in [0.29, 0.717) is 5.02 Å². The maximum Gasteiger partial charge on any atom is 0.247 e. The van der Waals surface area contributed by atoms with Gasteiger partial charge < -0.3 is 5.32 Å². The Kier molecular flexibility index (Phi) is 5.42. The molecule has 1 unspecified atom stereocenters. The summed E-state index contributed by atoms with van der Waals surface area (Å²) in [6, 6.07) is 7.72. The Morgan fingerprint density at radius 2 is 1.83 bits per heavy atom. The summed E-state index contributed by atoms with van der Waals surface area (Å²) in [5, 5.41) is 3.67. The van der Waals surface area contributed by atoms with Gasteiger partial charge in [0.1, 0.15) is 0 Å². The zero-order valence-corrected chi connectivity index (χ0v) is 12.1. The molecule has 0 aliphatic heterocycles. The van der Waals surface area contributed by atoms with Crippen molar-refractivity contribution in [2.24, 2.45) is 0 Å². The lowest BCUT2D eigenvalue weighted by Crippen LogP contribution is -2.32. The number of amides is 1. The fraction of sp³-hybridized carbons (Fsp3) is 0.400. The molecule has 0 fully saturated rings. The molecule has 1 atom stereocenters. The van der Waals surface area contributed by atoms with Crippen molar-refractivity contribution >= 4 is 23.1 Å². The maximum atomic E-state index is 12.0. The van der Waals surface area contributed by atoms with E-state index < -0.39 is 0 Å². The number of hydrogen-bond donors (Lipinski definition) is 1. The van der Waals surface area contributed by atoms with Crippen LogP contribution in [-0.2, 0) is 4.79 Å². The largest absolute Gasteiger partial charge is 0.350 e. The molecule has 1 rings (SSSR count). The molecule has 0 aromatic heterocycles. The van der Waals surface area contributed by atoms with E-state index in [1.165, 1.54) is 0 Å². The Balaban J connectivity index is 2.90. The Labute approximate surface area is 114 Å². The minimum Gasteiger partial charge on any atom is -0.350 e. The summed E-state index contributed by atoms with van der Waals surface area (Å²) < 4.78 is 0. The van der Waals surface area contributed by atoms with Gasteiger partial charge in [-0.05, 0) is 50.5 Å². The van der Waals surface area contributed by atoms with Gasteiger partial charge in [0.15, 0.2) is 0 Å². The van der Waals surface area contributed by atoms with Crippen LogP contribution in [0.5, 0.6) is 0 Å². The number of nitrogens with one attached hydrogen (secondary N) is 1. The van der Waals surface area contributed by atoms with Crippen LogP contribution in [0, 0.1) is 0 Å². The second kappa shape index (κ2) is 6.60. The topological polar surface area (TPSA) is 29.1 Å². The minimum atomic E-state index is -0.00296. The number of halogens is 1. The number of carbonyl (C=O) groups excluding carboxylic acids is 1. The molecular weight excluding hydrogens is 246 g/mol. The highest BCUT2D eigenvalue weighted by Crippen LogP contribution is 2.20. The fourth-order valence-electron chi connectivity index (χ4n) is 1.52. The van der Waals surface area contributed by atoms with E-state index in [1.54, 1.807) is 0 Å². The lowest BCUT2D eigenvalue weighted by atomic mass is 10.0. The highest BCUT2D eigenvalue weighted by Gasteiger charge is 2.11. The van der Waals surface area contributed by atoms with Gasteiger partial charge in [0.25, 0.3) is 0 Å². The Hall–Kier alpha value is -1.28. The smallest absolute Gasteiger partial charge is 0.247 e. The van der Waals surface area contributed by atoms with Crippen molar-refractivity contribution in [1.82, 2.24) is 5.32 Å². The summed E-state index contributed by atoms with van der Waals surface area (Å²) in [7, 11) is 0. The van der Waals surface area contributed by atoms with E-state index in [9.17, 15) is 4.79 Å². The first kappa shape index (κ1) is 14.8. The molecule has 0 aliphatic rings. The third kappa shape index (κ3) is 3.88. The summed E-state index contributed by atoms with van der Waals surface area (Å²) in [4.78, 5) is 12.0. The van der Waals surface area contributed by atoms with Crippen molar-refractivity contribution in [2.75, 3.05) is 0 Å². The highest BCUT2D eigenvalue weighted by atomic mass is 35.5. The normalized spacial score (nSPS) is 13.8. The molecule has 2 nitrogen and oxygen atoms in total. The van der Waals surface area contributed by atoms with E-state index in [1.807, 2.05) is 45.0 Å². The van der Waals surface area contributed by atoms with Gasteiger partial charge in [0, 0.05) is 16.6 Å². The molecular formula is C15H20ClNO. The molecule has 1 aromatic rings. The maximum absolute atomic E-state index is 12.0. The molecule has 0 saturated carbocycles. The quantitative estimate of drug-likeness (QED) is 0.818. The molecule has 0 radical (unpaired) electrons. The predicted molar refractivity (Wildman–Crippen MR) is 77.6 cm³/mol. The van der Waals surface area contributed by atoms with E-state index >= 15 is 0 Å². The number of hydrogen-bond acceptors (Lipinski definition) is 1. The van der Waals surface area contributed by atoms with Crippen LogP contribution >= 0.6 is 11.6 Å². The van der Waals surface area contributed by atoms with Gasteiger partial charge in [-0.15, -0.1) is 0 Å². The third-order valence-electron chi connectivity index (χ3n) is 3.17. The average Bonchev–Trinajstić information content (AvgIpc) is 2.37.